The molecule has 1 aromatic carbocycles. The summed E-state index contributed by atoms with van der Waals surface area (Å²) in [6, 6.07) is 10.3. The molecule has 0 saturated heterocycles. The van der Waals surface area contributed by atoms with E-state index in [1.165, 1.54) is 4.90 Å². The van der Waals surface area contributed by atoms with Crippen molar-refractivity contribution in [2.24, 2.45) is 0 Å². The van der Waals surface area contributed by atoms with Crippen LogP contribution in [0.5, 0.6) is 0 Å². The van der Waals surface area contributed by atoms with Gasteiger partial charge in [-0.05, 0) is 37.4 Å². The van der Waals surface area contributed by atoms with Crippen molar-refractivity contribution in [2.75, 3.05) is 0 Å². The maximum atomic E-state index is 4.16. The third kappa shape index (κ3) is 4.65. The van der Waals surface area contributed by atoms with Crippen LogP contribution in [0.15, 0.2) is 108 Å². The summed E-state index contributed by atoms with van der Waals surface area (Å²) in [5.41, 5.74) is 0. The van der Waals surface area contributed by atoms with Gasteiger partial charge < -0.3 is 0 Å². The Balaban J connectivity index is 3.11. The van der Waals surface area contributed by atoms with E-state index >= 15 is 0 Å². The van der Waals surface area contributed by atoms with E-state index in [9.17, 15) is 0 Å². The molecule has 0 unspecified atom stereocenters. The Morgan fingerprint density at radius 2 is 1.32 bits per heavy atom. The lowest BCUT2D eigenvalue weighted by molar-refractivity contribution is 1.45. The lowest BCUT2D eigenvalue weighted by Crippen LogP contribution is -2.05. The fourth-order valence-electron chi connectivity index (χ4n) is 1.51. The lowest BCUT2D eigenvalue weighted by Gasteiger charge is -2.06. The van der Waals surface area contributed by atoms with Gasteiger partial charge in [0.25, 0.3) is 0 Å². The van der Waals surface area contributed by atoms with E-state index in [1.54, 1.807) is 12.2 Å². The molecular formula is C18H19S+. The molecule has 0 N–H and O–H groups in total. The molecule has 0 heterocycles. The van der Waals surface area contributed by atoms with Crippen molar-refractivity contribution in [3.8, 4) is 0 Å². The normalized spacial score (nSPS) is 11.0. The molecule has 0 aliphatic heterocycles. The van der Waals surface area contributed by atoms with Gasteiger partial charge in [0.2, 0.25) is 0 Å². The smallest absolute Gasteiger partial charge is 0.0991 e. The van der Waals surface area contributed by atoms with E-state index in [2.05, 4.69) is 38.4 Å². The number of benzene rings is 1. The molecule has 0 aromatic heterocycles. The van der Waals surface area contributed by atoms with Crippen LogP contribution in [-0.4, -0.2) is 0 Å². The predicted molar refractivity (Wildman–Crippen MR) is 89.0 cm³/mol. The van der Waals surface area contributed by atoms with Gasteiger partial charge in [0.1, 0.15) is 0 Å². The highest BCUT2D eigenvalue weighted by molar-refractivity contribution is 8.04. The molecule has 0 amide bonds. The van der Waals surface area contributed by atoms with Crippen molar-refractivity contribution < 1.29 is 0 Å². The van der Waals surface area contributed by atoms with E-state index in [0.717, 1.165) is 9.81 Å². The highest BCUT2D eigenvalue weighted by atomic mass is 32.2. The highest BCUT2D eigenvalue weighted by Gasteiger charge is 2.27. The summed E-state index contributed by atoms with van der Waals surface area (Å²) in [4.78, 5) is 3.24. The second-order valence-corrected chi connectivity index (χ2v) is 5.87. The van der Waals surface area contributed by atoms with Crippen LogP contribution in [0.2, 0.25) is 0 Å². The van der Waals surface area contributed by atoms with Crippen LogP contribution in [0, 0.1) is 0 Å². The molecule has 0 fully saturated rings. The van der Waals surface area contributed by atoms with Gasteiger partial charge in [-0.1, -0.05) is 55.7 Å². The molecule has 0 saturated carbocycles. The van der Waals surface area contributed by atoms with Gasteiger partial charge in [-0.25, -0.2) is 0 Å². The largest absolute Gasteiger partial charge is 0.166 e. The summed E-state index contributed by atoms with van der Waals surface area (Å²) in [5, 5.41) is 0. The molecule has 1 aromatic rings. The van der Waals surface area contributed by atoms with Crippen molar-refractivity contribution in [3.05, 3.63) is 103 Å². The van der Waals surface area contributed by atoms with Crippen LogP contribution in [0.4, 0.5) is 0 Å². The standard InChI is InChI=1S/C18H19S/c1-5-7-12-16(3)19(17(4)13-8-6-2)18-14-10-9-11-15-18/h5-15H,1-4H2/q+1/b12-7-,13-8-. The average Bonchev–Trinajstić information content (AvgIpc) is 2.44. The first kappa shape index (κ1) is 15.1. The fourth-order valence-corrected chi connectivity index (χ4v) is 3.32. The molecule has 0 radical (unpaired) electrons. The first-order valence-corrected chi connectivity index (χ1v) is 7.18. The second kappa shape index (κ2) is 8.17. The first-order valence-electron chi connectivity index (χ1n) is 5.96. The molecule has 0 aliphatic carbocycles. The van der Waals surface area contributed by atoms with Gasteiger partial charge in [-0.2, -0.15) is 0 Å². The fraction of sp³-hybridized carbons (Fsp3) is 0. The Bertz CT molecular complexity index is 488. The quantitative estimate of drug-likeness (QED) is 0.472. The Kier molecular flexibility index (Phi) is 6.48. The minimum atomic E-state index is -0.238. The van der Waals surface area contributed by atoms with Crippen molar-refractivity contribution in [1.82, 2.24) is 0 Å². The molecule has 0 aliphatic rings. The summed E-state index contributed by atoms with van der Waals surface area (Å²) in [6.07, 6.45) is 11.3. The zero-order valence-electron chi connectivity index (χ0n) is 11.1. The summed E-state index contributed by atoms with van der Waals surface area (Å²) in [7, 11) is -0.238. The molecular weight excluding hydrogens is 248 g/mol. The van der Waals surface area contributed by atoms with Crippen molar-refractivity contribution in [2.45, 2.75) is 4.90 Å². The van der Waals surface area contributed by atoms with Gasteiger partial charge >= 0.3 is 0 Å². The minimum absolute atomic E-state index is 0.238. The van der Waals surface area contributed by atoms with E-state index < -0.39 is 0 Å². The van der Waals surface area contributed by atoms with Crippen LogP contribution in [-0.2, 0) is 10.9 Å². The summed E-state index contributed by atoms with van der Waals surface area (Å²) in [5.74, 6) is 0. The third-order valence-electron chi connectivity index (χ3n) is 2.34. The van der Waals surface area contributed by atoms with E-state index in [-0.39, 0.29) is 10.9 Å². The summed E-state index contributed by atoms with van der Waals surface area (Å²) < 4.78 is 0. The molecule has 0 atom stereocenters. The number of allylic oxidation sites excluding steroid dienone is 6. The molecule has 19 heavy (non-hydrogen) atoms. The molecule has 1 heteroatoms. The second-order valence-electron chi connectivity index (χ2n) is 3.74. The summed E-state index contributed by atoms with van der Waals surface area (Å²) in [6.45, 7) is 15.7. The Morgan fingerprint density at radius 1 is 0.842 bits per heavy atom. The molecule has 0 spiro atoms. The zero-order chi connectivity index (χ0) is 14.1. The Morgan fingerprint density at radius 3 is 1.74 bits per heavy atom. The number of hydrogen-bond donors (Lipinski definition) is 0. The Labute approximate surface area is 119 Å². The molecule has 96 valence electrons. The highest BCUT2D eigenvalue weighted by Crippen LogP contribution is 2.28. The van der Waals surface area contributed by atoms with Gasteiger partial charge in [-0.3, -0.25) is 0 Å². The molecule has 0 nitrogen and oxygen atoms in total. The van der Waals surface area contributed by atoms with Gasteiger partial charge in [0, 0.05) is 0 Å². The molecule has 0 bridgehead atoms. The van der Waals surface area contributed by atoms with Crippen LogP contribution in [0.1, 0.15) is 0 Å². The first-order chi connectivity index (χ1) is 9.20. The predicted octanol–water partition coefficient (Wildman–Crippen LogP) is 5.18. The van der Waals surface area contributed by atoms with Gasteiger partial charge in [0.05, 0.1) is 10.9 Å². The van der Waals surface area contributed by atoms with Crippen molar-refractivity contribution in [3.63, 3.8) is 0 Å². The van der Waals surface area contributed by atoms with Crippen molar-refractivity contribution >= 4 is 10.9 Å². The zero-order valence-corrected chi connectivity index (χ0v) is 11.9. The van der Waals surface area contributed by atoms with Gasteiger partial charge in [0.15, 0.2) is 14.7 Å². The molecule has 1 rings (SSSR count). The van der Waals surface area contributed by atoms with Crippen LogP contribution in [0.3, 0.4) is 0 Å². The maximum absolute atomic E-state index is 4.16. The number of rotatable bonds is 7. The van der Waals surface area contributed by atoms with E-state index in [4.69, 9.17) is 0 Å². The average molecular weight is 267 g/mol. The summed E-state index contributed by atoms with van der Waals surface area (Å²) >= 11 is 0. The van der Waals surface area contributed by atoms with E-state index in [0.29, 0.717) is 0 Å². The van der Waals surface area contributed by atoms with Crippen LogP contribution >= 0.6 is 0 Å². The van der Waals surface area contributed by atoms with E-state index in [1.807, 2.05) is 42.5 Å². The van der Waals surface area contributed by atoms with Crippen LogP contribution < -0.4 is 0 Å². The maximum Gasteiger partial charge on any atom is 0.166 e. The topological polar surface area (TPSA) is 0 Å². The SMILES string of the molecule is C=C/C=C\C(=C)[S+](C(=C)/C=C\C=C)c1ccccc1. The van der Waals surface area contributed by atoms with Crippen molar-refractivity contribution in [1.29, 1.82) is 0 Å². The van der Waals surface area contributed by atoms with Gasteiger partial charge in [-0.15, -0.1) is 0 Å². The monoisotopic (exact) mass is 267 g/mol. The lowest BCUT2D eigenvalue weighted by atomic mass is 10.4. The number of hydrogen-bond acceptors (Lipinski definition) is 0. The van der Waals surface area contributed by atoms with Crippen LogP contribution in [0.25, 0.3) is 0 Å². The Hall–Kier alpha value is -1.99. The third-order valence-corrected chi connectivity index (χ3v) is 4.40. The minimum Gasteiger partial charge on any atom is -0.0991 e.